The maximum absolute atomic E-state index is 6.07. The second kappa shape index (κ2) is 7.35. The first kappa shape index (κ1) is 17.4. The largest absolute Gasteiger partial charge is 0.487 e. The van der Waals surface area contributed by atoms with Crippen molar-refractivity contribution in [2.24, 2.45) is 0 Å². The Balaban J connectivity index is 1.41. The fraction of sp³-hybridized carbons (Fsp3) is 0.684. The molecule has 0 aromatic heterocycles. The van der Waals surface area contributed by atoms with Crippen LogP contribution in [0.1, 0.15) is 5.56 Å². The van der Waals surface area contributed by atoms with Gasteiger partial charge in [0.25, 0.3) is 0 Å². The molecule has 0 saturated carbocycles. The van der Waals surface area contributed by atoms with E-state index in [0.29, 0.717) is 62.6 Å². The number of hydrogen-bond acceptors (Lipinski definition) is 8. The summed E-state index contributed by atoms with van der Waals surface area (Å²) in [5.41, 5.74) is 0.920. The maximum Gasteiger partial charge on any atom is 0.207 e. The van der Waals surface area contributed by atoms with Gasteiger partial charge in [-0.25, -0.2) is 0 Å². The van der Waals surface area contributed by atoms with Crippen LogP contribution >= 0.6 is 0 Å². The Kier molecular flexibility index (Phi) is 4.73. The van der Waals surface area contributed by atoms with E-state index < -0.39 is 0 Å². The molecule has 27 heavy (non-hydrogen) atoms. The molecule has 8 nitrogen and oxygen atoms in total. The fourth-order valence-corrected chi connectivity index (χ4v) is 2.64. The molecule has 4 aliphatic rings. The molecule has 0 N–H and O–H groups in total. The summed E-state index contributed by atoms with van der Waals surface area (Å²) in [7, 11) is 0. The quantitative estimate of drug-likeness (QED) is 0.499. The van der Waals surface area contributed by atoms with E-state index in [4.69, 9.17) is 37.9 Å². The zero-order chi connectivity index (χ0) is 18.2. The smallest absolute Gasteiger partial charge is 0.207 e. The van der Waals surface area contributed by atoms with Crippen molar-refractivity contribution >= 4 is 0 Å². The minimum absolute atomic E-state index is 0.119. The van der Waals surface area contributed by atoms with Crippen LogP contribution in [-0.2, 0) is 18.9 Å². The number of epoxide rings is 4. The highest BCUT2D eigenvalue weighted by Gasteiger charge is 2.32. The van der Waals surface area contributed by atoms with Gasteiger partial charge in [0.05, 0.1) is 26.4 Å². The van der Waals surface area contributed by atoms with Crippen molar-refractivity contribution < 1.29 is 37.9 Å². The lowest BCUT2D eigenvalue weighted by molar-refractivity contribution is 0.195. The highest BCUT2D eigenvalue weighted by Crippen LogP contribution is 2.48. The lowest BCUT2D eigenvalue weighted by Gasteiger charge is -2.21. The van der Waals surface area contributed by atoms with E-state index in [0.717, 1.165) is 18.8 Å². The lowest BCUT2D eigenvalue weighted by Crippen LogP contribution is -2.14. The van der Waals surface area contributed by atoms with Crippen molar-refractivity contribution in [1.82, 2.24) is 0 Å². The van der Waals surface area contributed by atoms with E-state index in [1.165, 1.54) is 0 Å². The summed E-state index contributed by atoms with van der Waals surface area (Å²) in [6.07, 6.45) is 0.539. The van der Waals surface area contributed by atoms with Gasteiger partial charge < -0.3 is 37.9 Å². The van der Waals surface area contributed by atoms with Gasteiger partial charge >= 0.3 is 0 Å². The molecule has 1 aromatic carbocycles. The third-order valence-corrected chi connectivity index (χ3v) is 4.62. The fourth-order valence-electron chi connectivity index (χ4n) is 2.64. The van der Waals surface area contributed by atoms with Gasteiger partial charge in [-0.15, -0.1) is 0 Å². The normalized spacial score (nSPS) is 29.8. The predicted molar refractivity (Wildman–Crippen MR) is 92.1 cm³/mol. The number of hydrogen-bond donors (Lipinski definition) is 0. The Morgan fingerprint density at radius 2 is 1.07 bits per heavy atom. The number of benzene rings is 1. The van der Waals surface area contributed by atoms with Gasteiger partial charge in [-0.3, -0.25) is 0 Å². The molecule has 0 aliphatic carbocycles. The molecule has 1 aromatic rings. The van der Waals surface area contributed by atoms with Gasteiger partial charge in [0.2, 0.25) is 11.5 Å². The molecule has 4 atom stereocenters. The van der Waals surface area contributed by atoms with Crippen LogP contribution < -0.4 is 18.9 Å². The van der Waals surface area contributed by atoms with Crippen molar-refractivity contribution in [3.8, 4) is 23.0 Å². The van der Waals surface area contributed by atoms with Crippen molar-refractivity contribution in [3.05, 3.63) is 11.6 Å². The molecule has 4 unspecified atom stereocenters. The van der Waals surface area contributed by atoms with E-state index in [-0.39, 0.29) is 24.4 Å². The third kappa shape index (κ3) is 4.76. The van der Waals surface area contributed by atoms with Crippen molar-refractivity contribution in [2.45, 2.75) is 31.3 Å². The van der Waals surface area contributed by atoms with Crippen LogP contribution in [0, 0.1) is 6.92 Å². The lowest BCUT2D eigenvalue weighted by atomic mass is 10.1. The van der Waals surface area contributed by atoms with E-state index >= 15 is 0 Å². The Bertz CT molecular complexity index is 677. The molecular weight excluding hydrogens is 356 g/mol. The molecule has 4 aliphatic heterocycles. The number of rotatable bonds is 12. The molecule has 0 radical (unpaired) electrons. The summed E-state index contributed by atoms with van der Waals surface area (Å²) < 4.78 is 45.2. The average Bonchev–Trinajstić information content (AvgIpc) is 3.50. The summed E-state index contributed by atoms with van der Waals surface area (Å²) in [6, 6.07) is 1.93. The molecule has 4 heterocycles. The van der Waals surface area contributed by atoms with Crippen LogP contribution in [0.3, 0.4) is 0 Å². The number of aryl methyl sites for hydroxylation is 1. The molecule has 0 spiro atoms. The molecule has 148 valence electrons. The van der Waals surface area contributed by atoms with Crippen LogP contribution in [0.15, 0.2) is 6.07 Å². The highest BCUT2D eigenvalue weighted by molar-refractivity contribution is 5.62. The zero-order valence-corrected chi connectivity index (χ0v) is 15.3. The SMILES string of the molecule is Cc1cc(OCC2CO2)c(OCC2CO2)c(OCC2CO2)c1OCC1CO1. The van der Waals surface area contributed by atoms with Gasteiger partial charge in [0.15, 0.2) is 11.5 Å². The van der Waals surface area contributed by atoms with E-state index in [1.54, 1.807) is 0 Å². The topological polar surface area (TPSA) is 87.0 Å². The molecular formula is C19H24O8. The van der Waals surface area contributed by atoms with Gasteiger partial charge in [-0.2, -0.15) is 0 Å². The summed E-state index contributed by atoms with van der Waals surface area (Å²) in [5.74, 6) is 2.39. The van der Waals surface area contributed by atoms with Gasteiger partial charge in [0, 0.05) is 0 Å². The van der Waals surface area contributed by atoms with Crippen LogP contribution in [0.4, 0.5) is 0 Å². The van der Waals surface area contributed by atoms with Crippen molar-refractivity contribution in [2.75, 3.05) is 52.9 Å². The van der Waals surface area contributed by atoms with Crippen LogP contribution in [0.25, 0.3) is 0 Å². The Morgan fingerprint density at radius 3 is 1.56 bits per heavy atom. The minimum Gasteiger partial charge on any atom is -0.487 e. The Morgan fingerprint density at radius 1 is 0.667 bits per heavy atom. The maximum atomic E-state index is 6.07. The number of ether oxygens (including phenoxy) is 8. The summed E-state index contributed by atoms with van der Waals surface area (Å²) in [6.45, 7) is 6.72. The van der Waals surface area contributed by atoms with Crippen LogP contribution in [0.2, 0.25) is 0 Å². The summed E-state index contributed by atoms with van der Waals surface area (Å²) in [5, 5.41) is 0. The van der Waals surface area contributed by atoms with Crippen molar-refractivity contribution in [1.29, 1.82) is 0 Å². The molecule has 8 heteroatoms. The third-order valence-electron chi connectivity index (χ3n) is 4.62. The first-order valence-electron chi connectivity index (χ1n) is 9.41. The Labute approximate surface area is 157 Å². The molecule has 0 bridgehead atoms. The molecule has 0 amide bonds. The second-order valence-corrected chi connectivity index (χ2v) is 7.24. The van der Waals surface area contributed by atoms with E-state index in [1.807, 2.05) is 13.0 Å². The highest BCUT2D eigenvalue weighted by atomic mass is 16.6. The predicted octanol–water partition coefficient (Wildman–Crippen LogP) is 1.11. The summed E-state index contributed by atoms with van der Waals surface area (Å²) in [4.78, 5) is 0. The van der Waals surface area contributed by atoms with E-state index in [2.05, 4.69) is 0 Å². The van der Waals surface area contributed by atoms with Gasteiger partial charge in [-0.1, -0.05) is 0 Å². The van der Waals surface area contributed by atoms with E-state index in [9.17, 15) is 0 Å². The minimum atomic E-state index is 0.119. The molecule has 4 fully saturated rings. The van der Waals surface area contributed by atoms with Crippen LogP contribution in [0.5, 0.6) is 23.0 Å². The van der Waals surface area contributed by atoms with Gasteiger partial charge in [0.1, 0.15) is 50.8 Å². The standard InChI is InChI=1S/C19H24O8/c1-11-2-16(24-7-12-3-20-12)18(26-9-14-5-22-14)19(27-10-15-6-23-15)17(11)25-8-13-4-21-13/h2,12-15H,3-10H2,1H3. The molecule has 4 saturated heterocycles. The van der Waals surface area contributed by atoms with Crippen LogP contribution in [-0.4, -0.2) is 77.3 Å². The summed E-state index contributed by atoms with van der Waals surface area (Å²) >= 11 is 0. The second-order valence-electron chi connectivity index (χ2n) is 7.24. The zero-order valence-electron chi connectivity index (χ0n) is 15.3. The first-order valence-corrected chi connectivity index (χ1v) is 9.41. The Hall–Kier alpha value is -1.74. The van der Waals surface area contributed by atoms with Crippen molar-refractivity contribution in [3.63, 3.8) is 0 Å². The monoisotopic (exact) mass is 380 g/mol. The molecule has 5 rings (SSSR count). The average molecular weight is 380 g/mol. The first-order chi connectivity index (χ1) is 13.3. The van der Waals surface area contributed by atoms with Gasteiger partial charge in [-0.05, 0) is 18.6 Å².